The van der Waals surface area contributed by atoms with Crippen LogP contribution in [-0.2, 0) is 9.59 Å². The minimum Gasteiger partial charge on any atom is -0.480 e. The molecule has 0 heterocycles. The average Bonchev–Trinajstić information content (AvgIpc) is 2.50. The topological polar surface area (TPSA) is 108 Å². The SMILES string of the molecule is CCCC[C@H](NC(=O)CNC(=O)NC1CCCCC1)C(=O)O. The highest BCUT2D eigenvalue weighted by molar-refractivity contribution is 5.87. The molecule has 0 saturated heterocycles. The van der Waals surface area contributed by atoms with Crippen LogP contribution in [-0.4, -0.2) is 41.6 Å². The number of unbranched alkanes of at least 4 members (excludes halogenated alkanes) is 1. The van der Waals surface area contributed by atoms with Crippen LogP contribution in [0, 0.1) is 0 Å². The fraction of sp³-hybridized carbons (Fsp3) is 0.800. The van der Waals surface area contributed by atoms with Gasteiger partial charge in [0.15, 0.2) is 0 Å². The Bertz CT molecular complexity index is 381. The normalized spacial score (nSPS) is 16.6. The number of carboxylic acid groups (broad SMARTS) is 1. The molecule has 0 aromatic rings. The van der Waals surface area contributed by atoms with Gasteiger partial charge in [-0.1, -0.05) is 39.0 Å². The van der Waals surface area contributed by atoms with Gasteiger partial charge in [-0.15, -0.1) is 0 Å². The number of carbonyl (C=O) groups excluding carboxylic acids is 2. The summed E-state index contributed by atoms with van der Waals surface area (Å²) in [5.41, 5.74) is 0. The van der Waals surface area contributed by atoms with Gasteiger partial charge in [0.2, 0.25) is 5.91 Å². The number of nitrogens with one attached hydrogen (secondary N) is 3. The zero-order valence-electron chi connectivity index (χ0n) is 13.2. The quantitative estimate of drug-likeness (QED) is 0.543. The Hall–Kier alpha value is -1.79. The van der Waals surface area contributed by atoms with Gasteiger partial charge in [0.05, 0.1) is 6.54 Å². The molecule has 1 atom stereocenters. The van der Waals surface area contributed by atoms with Crippen molar-refractivity contribution >= 4 is 17.9 Å². The Balaban J connectivity index is 2.25. The molecular weight excluding hydrogens is 286 g/mol. The van der Waals surface area contributed by atoms with Gasteiger partial charge in [-0.3, -0.25) is 4.79 Å². The van der Waals surface area contributed by atoms with Gasteiger partial charge in [0.25, 0.3) is 0 Å². The fourth-order valence-electron chi connectivity index (χ4n) is 2.55. The van der Waals surface area contributed by atoms with Crippen LogP contribution in [0.4, 0.5) is 4.79 Å². The molecule has 1 aliphatic carbocycles. The molecule has 1 fully saturated rings. The Morgan fingerprint density at radius 2 is 1.86 bits per heavy atom. The molecule has 126 valence electrons. The molecule has 0 aromatic heterocycles. The van der Waals surface area contributed by atoms with Crippen LogP contribution in [0.2, 0.25) is 0 Å². The second kappa shape index (κ2) is 10.0. The third-order valence-electron chi connectivity index (χ3n) is 3.83. The molecule has 0 aliphatic heterocycles. The van der Waals surface area contributed by atoms with Crippen LogP contribution in [0.3, 0.4) is 0 Å². The molecule has 1 saturated carbocycles. The van der Waals surface area contributed by atoms with E-state index < -0.39 is 17.9 Å². The number of rotatable bonds is 8. The summed E-state index contributed by atoms with van der Waals surface area (Å²) in [5, 5.41) is 16.8. The van der Waals surface area contributed by atoms with E-state index in [1.807, 2.05) is 6.92 Å². The molecule has 7 heteroatoms. The maximum absolute atomic E-state index is 11.7. The molecule has 0 unspecified atom stereocenters. The van der Waals surface area contributed by atoms with Crippen LogP contribution in [0.15, 0.2) is 0 Å². The first-order valence-electron chi connectivity index (χ1n) is 8.09. The van der Waals surface area contributed by atoms with Crippen LogP contribution in [0.5, 0.6) is 0 Å². The molecule has 0 aromatic carbocycles. The molecule has 0 spiro atoms. The van der Waals surface area contributed by atoms with Gasteiger partial charge in [-0.2, -0.15) is 0 Å². The van der Waals surface area contributed by atoms with Crippen LogP contribution < -0.4 is 16.0 Å². The molecule has 0 radical (unpaired) electrons. The smallest absolute Gasteiger partial charge is 0.326 e. The predicted octanol–water partition coefficient (Wildman–Crippen LogP) is 1.38. The summed E-state index contributed by atoms with van der Waals surface area (Å²) in [5.74, 6) is -1.53. The highest BCUT2D eigenvalue weighted by atomic mass is 16.4. The average molecular weight is 313 g/mol. The summed E-state index contributed by atoms with van der Waals surface area (Å²) in [4.78, 5) is 34.4. The monoisotopic (exact) mass is 313 g/mol. The van der Waals surface area contributed by atoms with Crippen LogP contribution in [0.1, 0.15) is 58.3 Å². The van der Waals surface area contributed by atoms with Gasteiger partial charge < -0.3 is 21.1 Å². The first kappa shape index (κ1) is 18.3. The Kier molecular flexibility index (Phi) is 8.32. The third kappa shape index (κ3) is 7.28. The van der Waals surface area contributed by atoms with E-state index in [0.717, 1.165) is 38.5 Å². The number of urea groups is 1. The molecule has 7 nitrogen and oxygen atoms in total. The lowest BCUT2D eigenvalue weighted by Crippen LogP contribution is -2.49. The lowest BCUT2D eigenvalue weighted by molar-refractivity contribution is -0.141. The summed E-state index contributed by atoms with van der Waals surface area (Å²) in [6, 6.07) is -1.09. The first-order valence-corrected chi connectivity index (χ1v) is 8.09. The van der Waals surface area contributed by atoms with E-state index in [9.17, 15) is 14.4 Å². The van der Waals surface area contributed by atoms with Crippen molar-refractivity contribution in [3.8, 4) is 0 Å². The maximum Gasteiger partial charge on any atom is 0.326 e. The predicted molar refractivity (Wildman–Crippen MR) is 82.5 cm³/mol. The molecule has 3 amide bonds. The van der Waals surface area contributed by atoms with Crippen molar-refractivity contribution in [3.05, 3.63) is 0 Å². The molecule has 4 N–H and O–H groups in total. The molecule has 0 bridgehead atoms. The highest BCUT2D eigenvalue weighted by Crippen LogP contribution is 2.17. The standard InChI is InChI=1S/C15H27N3O4/c1-2-3-9-12(14(20)21)18-13(19)10-16-15(22)17-11-7-5-4-6-8-11/h11-12H,2-10H2,1H3,(H,18,19)(H,20,21)(H2,16,17,22)/t12-/m0/s1. The Morgan fingerprint density at radius 3 is 2.45 bits per heavy atom. The number of aliphatic carboxylic acids is 1. The van der Waals surface area contributed by atoms with Crippen molar-refractivity contribution in [2.24, 2.45) is 0 Å². The number of hydrogen-bond acceptors (Lipinski definition) is 3. The minimum absolute atomic E-state index is 0.174. The van der Waals surface area contributed by atoms with Gasteiger partial charge in [-0.05, 0) is 19.3 Å². The third-order valence-corrected chi connectivity index (χ3v) is 3.83. The maximum atomic E-state index is 11.7. The largest absolute Gasteiger partial charge is 0.480 e. The lowest BCUT2D eigenvalue weighted by atomic mass is 9.96. The van der Waals surface area contributed by atoms with E-state index in [0.29, 0.717) is 6.42 Å². The summed E-state index contributed by atoms with van der Waals surface area (Å²) in [6.45, 7) is 1.74. The Morgan fingerprint density at radius 1 is 1.18 bits per heavy atom. The van der Waals surface area contributed by atoms with Crippen LogP contribution in [0.25, 0.3) is 0 Å². The highest BCUT2D eigenvalue weighted by Gasteiger charge is 2.20. The van der Waals surface area contributed by atoms with Gasteiger partial charge in [-0.25, -0.2) is 9.59 Å². The van der Waals surface area contributed by atoms with Crippen molar-refractivity contribution in [3.63, 3.8) is 0 Å². The second-order valence-electron chi connectivity index (χ2n) is 5.76. The van der Waals surface area contributed by atoms with Crippen molar-refractivity contribution < 1.29 is 19.5 Å². The van der Waals surface area contributed by atoms with Crippen molar-refractivity contribution in [2.45, 2.75) is 70.4 Å². The summed E-state index contributed by atoms with van der Waals surface area (Å²) < 4.78 is 0. The number of carbonyl (C=O) groups is 3. The number of amides is 3. The summed E-state index contributed by atoms with van der Waals surface area (Å²) >= 11 is 0. The molecular formula is C15H27N3O4. The molecule has 1 rings (SSSR count). The van der Waals surface area contributed by atoms with E-state index in [1.54, 1.807) is 0 Å². The zero-order chi connectivity index (χ0) is 16.4. The zero-order valence-corrected chi connectivity index (χ0v) is 13.2. The summed E-state index contributed by atoms with van der Waals surface area (Å²) in [6.07, 6.45) is 7.36. The van der Waals surface area contributed by atoms with E-state index >= 15 is 0 Å². The van der Waals surface area contributed by atoms with E-state index in [1.165, 1.54) is 6.42 Å². The number of carboxylic acids is 1. The fourth-order valence-corrected chi connectivity index (χ4v) is 2.55. The van der Waals surface area contributed by atoms with Gasteiger partial charge in [0, 0.05) is 6.04 Å². The van der Waals surface area contributed by atoms with E-state index in [2.05, 4.69) is 16.0 Å². The lowest BCUT2D eigenvalue weighted by Gasteiger charge is -2.22. The van der Waals surface area contributed by atoms with Gasteiger partial charge in [0.1, 0.15) is 6.04 Å². The summed E-state index contributed by atoms with van der Waals surface area (Å²) in [7, 11) is 0. The Labute approximate surface area is 131 Å². The van der Waals surface area contributed by atoms with Crippen LogP contribution >= 0.6 is 0 Å². The second-order valence-corrected chi connectivity index (χ2v) is 5.76. The van der Waals surface area contributed by atoms with E-state index in [-0.39, 0.29) is 18.6 Å². The van der Waals surface area contributed by atoms with Crippen molar-refractivity contribution in [1.29, 1.82) is 0 Å². The van der Waals surface area contributed by atoms with Crippen molar-refractivity contribution in [1.82, 2.24) is 16.0 Å². The molecule has 22 heavy (non-hydrogen) atoms. The molecule has 1 aliphatic rings. The number of hydrogen-bond donors (Lipinski definition) is 4. The minimum atomic E-state index is -1.05. The van der Waals surface area contributed by atoms with Gasteiger partial charge >= 0.3 is 12.0 Å². The van der Waals surface area contributed by atoms with Crippen molar-refractivity contribution in [2.75, 3.05) is 6.54 Å². The first-order chi connectivity index (χ1) is 10.5. The van der Waals surface area contributed by atoms with E-state index in [4.69, 9.17) is 5.11 Å².